The molecule has 1 saturated heterocycles. The molecule has 0 aromatic heterocycles. The van der Waals surface area contributed by atoms with Crippen LogP contribution in [0.5, 0.6) is 0 Å². The van der Waals surface area contributed by atoms with Gasteiger partial charge in [0.2, 0.25) is 5.91 Å². The molecule has 5 heteroatoms. The minimum atomic E-state index is -0.280. The zero-order valence-corrected chi connectivity index (χ0v) is 11.9. The van der Waals surface area contributed by atoms with Crippen LogP contribution in [0.25, 0.3) is 0 Å². The number of rotatable bonds is 3. The molecule has 1 aliphatic heterocycles. The molecule has 0 spiro atoms. The molecule has 19 heavy (non-hydrogen) atoms. The van der Waals surface area contributed by atoms with Gasteiger partial charge >= 0.3 is 0 Å². The fourth-order valence-corrected chi connectivity index (χ4v) is 2.28. The standard InChI is InChI=1S/C14H19FN2O.ClH/c1-17(13-4-2-12(15)3-5-13)14(18)10-11-6-8-16-9-7-11;/h2-5,11,16H,6-10H2,1H3;1H. The first-order valence-corrected chi connectivity index (χ1v) is 6.39. The van der Waals surface area contributed by atoms with Crippen molar-refractivity contribution < 1.29 is 9.18 Å². The molecular formula is C14H20ClFN2O. The van der Waals surface area contributed by atoms with Crippen molar-refractivity contribution >= 4 is 24.0 Å². The minimum absolute atomic E-state index is 0. The van der Waals surface area contributed by atoms with E-state index in [2.05, 4.69) is 5.32 Å². The maximum absolute atomic E-state index is 12.8. The third-order valence-corrected chi connectivity index (χ3v) is 3.51. The summed E-state index contributed by atoms with van der Waals surface area (Å²) in [5, 5.41) is 3.29. The predicted molar refractivity (Wildman–Crippen MR) is 77.3 cm³/mol. The Kier molecular flexibility index (Phi) is 6.25. The maximum Gasteiger partial charge on any atom is 0.226 e. The van der Waals surface area contributed by atoms with E-state index in [0.29, 0.717) is 12.3 Å². The van der Waals surface area contributed by atoms with Gasteiger partial charge in [-0.05, 0) is 56.1 Å². The number of benzene rings is 1. The van der Waals surface area contributed by atoms with Crippen LogP contribution in [-0.4, -0.2) is 26.0 Å². The smallest absolute Gasteiger partial charge is 0.226 e. The average molecular weight is 287 g/mol. The Labute approximate surface area is 119 Å². The zero-order chi connectivity index (χ0) is 13.0. The maximum atomic E-state index is 12.8. The largest absolute Gasteiger partial charge is 0.317 e. The van der Waals surface area contributed by atoms with E-state index < -0.39 is 0 Å². The molecule has 1 heterocycles. The fraction of sp³-hybridized carbons (Fsp3) is 0.500. The molecule has 1 aliphatic rings. The lowest BCUT2D eigenvalue weighted by Crippen LogP contribution is -2.33. The van der Waals surface area contributed by atoms with E-state index in [1.807, 2.05) is 0 Å². The van der Waals surface area contributed by atoms with Gasteiger partial charge in [0.15, 0.2) is 0 Å². The van der Waals surface area contributed by atoms with Crippen molar-refractivity contribution in [1.82, 2.24) is 5.32 Å². The van der Waals surface area contributed by atoms with Gasteiger partial charge in [-0.1, -0.05) is 0 Å². The molecule has 0 unspecified atom stereocenters. The molecule has 1 aromatic rings. The number of piperidine rings is 1. The van der Waals surface area contributed by atoms with Crippen molar-refractivity contribution in [2.24, 2.45) is 5.92 Å². The van der Waals surface area contributed by atoms with Crippen LogP contribution in [0, 0.1) is 11.7 Å². The second kappa shape index (κ2) is 7.46. The number of hydrogen-bond donors (Lipinski definition) is 1. The molecular weight excluding hydrogens is 267 g/mol. The fourth-order valence-electron chi connectivity index (χ4n) is 2.28. The summed E-state index contributed by atoms with van der Waals surface area (Å²) in [4.78, 5) is 13.7. The Morgan fingerprint density at radius 3 is 2.47 bits per heavy atom. The molecule has 1 aromatic carbocycles. The SMILES string of the molecule is CN(C(=O)CC1CCNCC1)c1ccc(F)cc1.Cl. The van der Waals surface area contributed by atoms with Crippen molar-refractivity contribution in [2.45, 2.75) is 19.3 Å². The zero-order valence-electron chi connectivity index (χ0n) is 11.1. The summed E-state index contributed by atoms with van der Waals surface area (Å²) in [7, 11) is 1.75. The quantitative estimate of drug-likeness (QED) is 0.926. The molecule has 106 valence electrons. The molecule has 1 amide bonds. The molecule has 2 rings (SSSR count). The van der Waals surface area contributed by atoms with Crippen molar-refractivity contribution in [3.8, 4) is 0 Å². The van der Waals surface area contributed by atoms with Gasteiger partial charge in [0.25, 0.3) is 0 Å². The van der Waals surface area contributed by atoms with Crippen molar-refractivity contribution in [3.05, 3.63) is 30.1 Å². The molecule has 1 N–H and O–H groups in total. The van der Waals surface area contributed by atoms with Gasteiger partial charge in [0.05, 0.1) is 0 Å². The van der Waals surface area contributed by atoms with Gasteiger partial charge in [-0.25, -0.2) is 4.39 Å². The van der Waals surface area contributed by atoms with Crippen molar-refractivity contribution in [2.75, 3.05) is 25.0 Å². The number of carbonyl (C=O) groups is 1. The van der Waals surface area contributed by atoms with Gasteiger partial charge < -0.3 is 10.2 Å². The number of halogens is 2. The van der Waals surface area contributed by atoms with Crippen LogP contribution >= 0.6 is 12.4 Å². The van der Waals surface area contributed by atoms with Crippen LogP contribution in [0.1, 0.15) is 19.3 Å². The Hall–Kier alpha value is -1.13. The van der Waals surface area contributed by atoms with E-state index >= 15 is 0 Å². The van der Waals surface area contributed by atoms with Gasteiger partial charge in [0.1, 0.15) is 5.82 Å². The van der Waals surface area contributed by atoms with E-state index in [0.717, 1.165) is 31.6 Å². The van der Waals surface area contributed by atoms with Crippen molar-refractivity contribution in [3.63, 3.8) is 0 Å². The highest BCUT2D eigenvalue weighted by atomic mass is 35.5. The highest BCUT2D eigenvalue weighted by molar-refractivity contribution is 5.92. The second-order valence-electron chi connectivity index (χ2n) is 4.83. The summed E-state index contributed by atoms with van der Waals surface area (Å²) >= 11 is 0. The van der Waals surface area contributed by atoms with E-state index in [1.165, 1.54) is 12.1 Å². The van der Waals surface area contributed by atoms with Crippen LogP contribution in [0.4, 0.5) is 10.1 Å². The van der Waals surface area contributed by atoms with Crippen LogP contribution < -0.4 is 10.2 Å². The second-order valence-corrected chi connectivity index (χ2v) is 4.83. The number of anilines is 1. The number of nitrogens with one attached hydrogen (secondary N) is 1. The van der Waals surface area contributed by atoms with E-state index in [1.54, 1.807) is 24.1 Å². The Morgan fingerprint density at radius 2 is 1.89 bits per heavy atom. The lowest BCUT2D eigenvalue weighted by molar-refractivity contribution is -0.119. The molecule has 3 nitrogen and oxygen atoms in total. The monoisotopic (exact) mass is 286 g/mol. The lowest BCUT2D eigenvalue weighted by Gasteiger charge is -2.25. The van der Waals surface area contributed by atoms with E-state index in [9.17, 15) is 9.18 Å². The van der Waals surface area contributed by atoms with Crippen LogP contribution in [0.2, 0.25) is 0 Å². The molecule has 0 saturated carbocycles. The summed E-state index contributed by atoms with van der Waals surface area (Å²) in [6.45, 7) is 2.00. The Balaban J connectivity index is 0.00000180. The summed E-state index contributed by atoms with van der Waals surface area (Å²) in [6.07, 6.45) is 2.70. The highest BCUT2D eigenvalue weighted by Crippen LogP contribution is 2.20. The van der Waals surface area contributed by atoms with E-state index in [-0.39, 0.29) is 24.1 Å². The van der Waals surface area contributed by atoms with Crippen LogP contribution in [0.3, 0.4) is 0 Å². The first kappa shape index (κ1) is 15.9. The third-order valence-electron chi connectivity index (χ3n) is 3.51. The number of nitrogens with zero attached hydrogens (tertiary/aromatic N) is 1. The predicted octanol–water partition coefficient (Wildman–Crippen LogP) is 2.60. The van der Waals surface area contributed by atoms with Gasteiger partial charge in [-0.3, -0.25) is 4.79 Å². The van der Waals surface area contributed by atoms with E-state index in [4.69, 9.17) is 0 Å². The average Bonchev–Trinajstić information content (AvgIpc) is 2.40. The topological polar surface area (TPSA) is 32.3 Å². The normalized spacial score (nSPS) is 15.7. The molecule has 0 radical (unpaired) electrons. The first-order chi connectivity index (χ1) is 8.66. The third kappa shape index (κ3) is 4.48. The Morgan fingerprint density at radius 1 is 1.32 bits per heavy atom. The first-order valence-electron chi connectivity index (χ1n) is 6.39. The van der Waals surface area contributed by atoms with Crippen LogP contribution in [-0.2, 0) is 4.79 Å². The lowest BCUT2D eigenvalue weighted by atomic mass is 9.94. The van der Waals surface area contributed by atoms with Gasteiger partial charge in [-0.2, -0.15) is 0 Å². The minimum Gasteiger partial charge on any atom is -0.317 e. The van der Waals surface area contributed by atoms with Crippen LogP contribution in [0.15, 0.2) is 24.3 Å². The summed E-state index contributed by atoms with van der Waals surface area (Å²) in [5.41, 5.74) is 0.746. The summed E-state index contributed by atoms with van der Waals surface area (Å²) in [6, 6.07) is 6.03. The summed E-state index contributed by atoms with van der Waals surface area (Å²) in [5.74, 6) is 0.299. The Bertz CT molecular complexity index is 404. The number of amides is 1. The molecule has 0 atom stereocenters. The molecule has 0 bridgehead atoms. The molecule has 0 aliphatic carbocycles. The molecule has 1 fully saturated rings. The number of hydrogen-bond acceptors (Lipinski definition) is 2. The van der Waals surface area contributed by atoms with Gasteiger partial charge in [0, 0.05) is 19.2 Å². The highest BCUT2D eigenvalue weighted by Gasteiger charge is 2.19. The van der Waals surface area contributed by atoms with Gasteiger partial charge in [-0.15, -0.1) is 12.4 Å². The summed E-state index contributed by atoms with van der Waals surface area (Å²) < 4.78 is 12.8. The van der Waals surface area contributed by atoms with Crippen molar-refractivity contribution in [1.29, 1.82) is 0 Å². The number of carbonyl (C=O) groups excluding carboxylic acids is 1.